The minimum atomic E-state index is -1.40. The van der Waals surface area contributed by atoms with E-state index in [1.54, 1.807) is 0 Å². The molecule has 0 aliphatic rings. The summed E-state index contributed by atoms with van der Waals surface area (Å²) >= 11 is 0. The summed E-state index contributed by atoms with van der Waals surface area (Å²) in [5.74, 6) is 0. The molecule has 0 fully saturated rings. The molecule has 1 aromatic rings. The first-order valence-corrected chi connectivity index (χ1v) is 5.24. The molecule has 1 aromatic carbocycles. The fraction of sp³-hybridized carbons (Fsp3) is 0.250. The van der Waals surface area contributed by atoms with E-state index in [4.69, 9.17) is 0 Å². The molecule has 0 radical (unpaired) electrons. The predicted molar refractivity (Wildman–Crippen MR) is 66.4 cm³/mol. The highest BCUT2D eigenvalue weighted by atomic mass is 16.7. The van der Waals surface area contributed by atoms with E-state index in [1.165, 1.54) is 6.92 Å². The van der Waals surface area contributed by atoms with Crippen molar-refractivity contribution >= 4 is 22.7 Å². The highest BCUT2D eigenvalue weighted by molar-refractivity contribution is 5.78. The molecular weight excluding hydrogens is 294 g/mol. The SMILES string of the molecule is CCN(c1ccc([N+](=O)[O-])c([N+](=O)[O-])c1[N+](=O)[O-])[N+](=O)[O-]. The highest BCUT2D eigenvalue weighted by Crippen LogP contribution is 2.43. The van der Waals surface area contributed by atoms with E-state index in [9.17, 15) is 40.5 Å². The maximum Gasteiger partial charge on any atom is 0.424 e. The lowest BCUT2D eigenvalue weighted by Gasteiger charge is -2.11. The van der Waals surface area contributed by atoms with Gasteiger partial charge in [-0.05, 0) is 13.0 Å². The lowest BCUT2D eigenvalue weighted by Crippen LogP contribution is -2.30. The summed E-state index contributed by atoms with van der Waals surface area (Å²) in [6, 6.07) is 1.35. The van der Waals surface area contributed by atoms with Crippen molar-refractivity contribution in [2.45, 2.75) is 6.92 Å². The molecule has 0 unspecified atom stereocenters. The molecule has 0 amide bonds. The molecular formula is C8H7N5O8. The van der Waals surface area contributed by atoms with Crippen LogP contribution in [0.5, 0.6) is 0 Å². The number of nitrogens with zero attached hydrogens (tertiary/aromatic N) is 5. The first-order valence-electron chi connectivity index (χ1n) is 5.24. The Morgan fingerprint density at radius 3 is 1.76 bits per heavy atom. The first-order chi connectivity index (χ1) is 9.72. The predicted octanol–water partition coefficient (Wildman–Crippen LogP) is 1.43. The Labute approximate surface area is 115 Å². The average Bonchev–Trinajstić information content (AvgIpc) is 2.37. The molecule has 112 valence electrons. The van der Waals surface area contributed by atoms with Gasteiger partial charge in [0.2, 0.25) is 0 Å². The fourth-order valence-corrected chi connectivity index (χ4v) is 1.65. The van der Waals surface area contributed by atoms with Gasteiger partial charge in [-0.25, -0.2) is 10.1 Å². The molecule has 0 heterocycles. The molecule has 0 saturated carbocycles. The Balaban J connectivity index is 3.81. The Morgan fingerprint density at radius 1 is 0.905 bits per heavy atom. The number of hydrogen-bond donors (Lipinski definition) is 0. The second-order valence-corrected chi connectivity index (χ2v) is 3.53. The van der Waals surface area contributed by atoms with Crippen LogP contribution >= 0.6 is 0 Å². The molecule has 0 saturated heterocycles. The summed E-state index contributed by atoms with van der Waals surface area (Å²) in [6.45, 7) is 0.961. The van der Waals surface area contributed by atoms with Gasteiger partial charge in [0.15, 0.2) is 10.7 Å². The first kappa shape index (κ1) is 15.7. The van der Waals surface area contributed by atoms with Crippen LogP contribution in [0.4, 0.5) is 22.7 Å². The largest absolute Gasteiger partial charge is 0.424 e. The zero-order chi connectivity index (χ0) is 16.3. The van der Waals surface area contributed by atoms with Crippen molar-refractivity contribution in [2.75, 3.05) is 11.6 Å². The van der Waals surface area contributed by atoms with Crippen molar-refractivity contribution in [3.05, 3.63) is 52.6 Å². The zero-order valence-electron chi connectivity index (χ0n) is 10.4. The van der Waals surface area contributed by atoms with Crippen molar-refractivity contribution in [2.24, 2.45) is 0 Å². The Morgan fingerprint density at radius 2 is 1.43 bits per heavy atom. The van der Waals surface area contributed by atoms with E-state index in [1.807, 2.05) is 0 Å². The number of nitro benzene ring substituents is 3. The molecule has 13 heteroatoms. The maximum atomic E-state index is 11.0. The van der Waals surface area contributed by atoms with Gasteiger partial charge in [-0.3, -0.25) is 30.3 Å². The summed E-state index contributed by atoms with van der Waals surface area (Å²) in [7, 11) is 0. The van der Waals surface area contributed by atoms with Crippen molar-refractivity contribution < 1.29 is 19.8 Å². The Kier molecular flexibility index (Phi) is 4.27. The van der Waals surface area contributed by atoms with Gasteiger partial charge in [-0.1, -0.05) is 5.01 Å². The maximum absolute atomic E-state index is 11.0. The Bertz CT molecular complexity index is 644. The molecule has 0 aliphatic carbocycles. The molecule has 0 aliphatic heterocycles. The number of rotatable bonds is 6. The lowest BCUT2D eigenvalue weighted by molar-refractivity contribution is -0.496. The van der Waals surface area contributed by atoms with Crippen molar-refractivity contribution in [3.8, 4) is 0 Å². The van der Waals surface area contributed by atoms with Gasteiger partial charge in [0.25, 0.3) is 0 Å². The third kappa shape index (κ3) is 2.80. The van der Waals surface area contributed by atoms with Crippen LogP contribution in [0.1, 0.15) is 6.92 Å². The van der Waals surface area contributed by atoms with Gasteiger partial charge in [0.05, 0.1) is 21.3 Å². The van der Waals surface area contributed by atoms with Gasteiger partial charge in [0, 0.05) is 6.07 Å². The molecule has 0 aromatic heterocycles. The number of benzene rings is 1. The normalized spacial score (nSPS) is 9.95. The smallest absolute Gasteiger partial charge is 0.258 e. The number of hydrogen-bond acceptors (Lipinski definition) is 8. The van der Waals surface area contributed by atoms with Gasteiger partial charge < -0.3 is 0 Å². The second kappa shape index (κ2) is 5.72. The lowest BCUT2D eigenvalue weighted by atomic mass is 10.2. The van der Waals surface area contributed by atoms with E-state index >= 15 is 0 Å². The summed E-state index contributed by atoms with van der Waals surface area (Å²) < 4.78 is 0. The van der Waals surface area contributed by atoms with Crippen LogP contribution in [-0.2, 0) is 0 Å². The minimum absolute atomic E-state index is 0.287. The summed E-state index contributed by atoms with van der Waals surface area (Å²) in [6.07, 6.45) is 0. The number of hydrazine groups is 1. The summed E-state index contributed by atoms with van der Waals surface area (Å²) in [5.41, 5.74) is -4.52. The highest BCUT2D eigenvalue weighted by Gasteiger charge is 2.42. The van der Waals surface area contributed by atoms with Gasteiger partial charge in [0.1, 0.15) is 0 Å². The zero-order valence-corrected chi connectivity index (χ0v) is 10.4. The Hall–Kier alpha value is -3.38. The molecule has 21 heavy (non-hydrogen) atoms. The second-order valence-electron chi connectivity index (χ2n) is 3.53. The van der Waals surface area contributed by atoms with E-state index in [-0.39, 0.29) is 11.6 Å². The van der Waals surface area contributed by atoms with Crippen LogP contribution in [0.3, 0.4) is 0 Å². The van der Waals surface area contributed by atoms with E-state index in [0.717, 1.165) is 6.07 Å². The van der Waals surface area contributed by atoms with Gasteiger partial charge in [-0.15, -0.1) is 0 Å². The number of nitro groups is 4. The van der Waals surface area contributed by atoms with Crippen LogP contribution < -0.4 is 5.01 Å². The topological polar surface area (TPSA) is 176 Å². The molecule has 1 rings (SSSR count). The molecule has 0 atom stereocenters. The molecule has 0 spiro atoms. The molecule has 0 N–H and O–H groups in total. The minimum Gasteiger partial charge on any atom is -0.258 e. The monoisotopic (exact) mass is 301 g/mol. The van der Waals surface area contributed by atoms with Crippen molar-refractivity contribution in [3.63, 3.8) is 0 Å². The third-order valence-electron chi connectivity index (χ3n) is 2.45. The number of anilines is 1. The van der Waals surface area contributed by atoms with Crippen LogP contribution in [0.25, 0.3) is 0 Å². The van der Waals surface area contributed by atoms with Gasteiger partial charge >= 0.3 is 17.1 Å². The quantitative estimate of drug-likeness (QED) is 0.555. The average molecular weight is 301 g/mol. The van der Waals surface area contributed by atoms with Crippen molar-refractivity contribution in [1.82, 2.24) is 0 Å². The van der Waals surface area contributed by atoms with E-state index in [0.29, 0.717) is 6.07 Å². The van der Waals surface area contributed by atoms with Crippen LogP contribution in [0, 0.1) is 40.5 Å². The van der Waals surface area contributed by atoms with Crippen molar-refractivity contribution in [1.29, 1.82) is 0 Å². The van der Waals surface area contributed by atoms with Crippen LogP contribution in [-0.4, -0.2) is 26.3 Å². The van der Waals surface area contributed by atoms with Crippen LogP contribution in [0.15, 0.2) is 12.1 Å². The summed E-state index contributed by atoms with van der Waals surface area (Å²) in [5, 5.41) is 42.7. The van der Waals surface area contributed by atoms with Gasteiger partial charge in [-0.2, -0.15) is 0 Å². The third-order valence-corrected chi connectivity index (χ3v) is 2.45. The summed E-state index contributed by atoms with van der Waals surface area (Å²) in [4.78, 5) is 39.7. The molecule has 0 bridgehead atoms. The van der Waals surface area contributed by atoms with Crippen LogP contribution in [0.2, 0.25) is 0 Å². The molecule has 13 nitrogen and oxygen atoms in total. The standard InChI is InChI=1S/C8H7N5O8/c1-2-9(13(20)21)5-3-4-6(10(14)15)8(12(18)19)7(5)11(16)17/h3-4H,2H2,1H3. The fourth-order valence-electron chi connectivity index (χ4n) is 1.65. The van der Waals surface area contributed by atoms with E-state index < -0.39 is 42.6 Å². The van der Waals surface area contributed by atoms with E-state index in [2.05, 4.69) is 0 Å².